The fourth-order valence-corrected chi connectivity index (χ4v) is 2.61. The second-order valence-electron chi connectivity index (χ2n) is 4.36. The molecule has 1 aromatic carbocycles. The highest BCUT2D eigenvalue weighted by Gasteiger charge is 2.19. The molecule has 0 aliphatic rings. The number of carbonyl (C=O) groups is 1. The van der Waals surface area contributed by atoms with Gasteiger partial charge in [0.05, 0.1) is 5.02 Å². The van der Waals surface area contributed by atoms with E-state index in [9.17, 15) is 4.79 Å². The van der Waals surface area contributed by atoms with Crippen LogP contribution in [0.3, 0.4) is 0 Å². The van der Waals surface area contributed by atoms with Gasteiger partial charge in [-0.25, -0.2) is 0 Å². The maximum absolute atomic E-state index is 10.9. The first-order chi connectivity index (χ1) is 8.61. The first kappa shape index (κ1) is 11.4. The van der Waals surface area contributed by atoms with Crippen LogP contribution >= 0.6 is 11.6 Å². The number of rotatable bonds is 2. The Morgan fingerprint density at radius 1 is 1.11 bits per heavy atom. The summed E-state index contributed by atoms with van der Waals surface area (Å²) in [7, 11) is 0. The summed E-state index contributed by atoms with van der Waals surface area (Å²) in [6, 6.07) is 3.75. The standard InChI is InChI=1S/C14H11ClO3/c1-7-5-10-9(3-4-16)13-11(6-8(2)17-13)12(15)14(10)18-7/h4-6H,3H2,1-2H3. The van der Waals surface area contributed by atoms with Gasteiger partial charge in [-0.05, 0) is 26.0 Å². The van der Waals surface area contributed by atoms with Crippen molar-refractivity contribution in [1.82, 2.24) is 0 Å². The molecule has 92 valence electrons. The molecular formula is C14H11ClO3. The molecule has 0 N–H and O–H groups in total. The molecule has 0 radical (unpaired) electrons. The summed E-state index contributed by atoms with van der Waals surface area (Å²) in [5.74, 6) is 1.53. The van der Waals surface area contributed by atoms with Gasteiger partial charge in [0.15, 0.2) is 5.58 Å². The zero-order valence-corrected chi connectivity index (χ0v) is 10.8. The molecule has 0 saturated carbocycles. The van der Waals surface area contributed by atoms with E-state index in [2.05, 4.69) is 0 Å². The lowest BCUT2D eigenvalue weighted by Gasteiger charge is -2.02. The molecule has 0 spiro atoms. The number of aldehydes is 1. The molecule has 0 atom stereocenters. The van der Waals surface area contributed by atoms with Crippen LogP contribution in [0, 0.1) is 13.8 Å². The van der Waals surface area contributed by atoms with Gasteiger partial charge >= 0.3 is 0 Å². The third kappa shape index (κ3) is 1.47. The van der Waals surface area contributed by atoms with Crippen LogP contribution in [0.4, 0.5) is 0 Å². The van der Waals surface area contributed by atoms with Crippen molar-refractivity contribution in [3.05, 3.63) is 34.2 Å². The molecule has 3 rings (SSSR count). The zero-order chi connectivity index (χ0) is 12.9. The average molecular weight is 263 g/mol. The van der Waals surface area contributed by atoms with Crippen molar-refractivity contribution in [2.45, 2.75) is 20.3 Å². The van der Waals surface area contributed by atoms with Crippen LogP contribution in [-0.4, -0.2) is 6.29 Å². The van der Waals surface area contributed by atoms with Gasteiger partial charge in [0.2, 0.25) is 0 Å². The van der Waals surface area contributed by atoms with E-state index < -0.39 is 0 Å². The normalized spacial score (nSPS) is 11.5. The van der Waals surface area contributed by atoms with E-state index in [1.165, 1.54) is 0 Å². The Hall–Kier alpha value is -1.74. The van der Waals surface area contributed by atoms with Crippen LogP contribution in [0.5, 0.6) is 0 Å². The number of hydrogen-bond acceptors (Lipinski definition) is 3. The highest BCUT2D eigenvalue weighted by atomic mass is 35.5. The summed E-state index contributed by atoms with van der Waals surface area (Å²) in [4.78, 5) is 10.9. The number of halogens is 1. The van der Waals surface area contributed by atoms with Crippen LogP contribution in [0.25, 0.3) is 21.9 Å². The molecule has 18 heavy (non-hydrogen) atoms. The monoisotopic (exact) mass is 262 g/mol. The molecule has 2 heterocycles. The Morgan fingerprint density at radius 3 is 2.39 bits per heavy atom. The number of furan rings is 2. The minimum absolute atomic E-state index is 0.288. The Labute approximate surface area is 108 Å². The molecule has 0 saturated heterocycles. The number of fused-ring (bicyclic) bond motifs is 2. The van der Waals surface area contributed by atoms with Gasteiger partial charge in [-0.3, -0.25) is 0 Å². The van der Waals surface area contributed by atoms with Crippen LogP contribution in [-0.2, 0) is 11.2 Å². The van der Waals surface area contributed by atoms with Crippen molar-refractivity contribution < 1.29 is 13.6 Å². The molecule has 0 aliphatic carbocycles. The lowest BCUT2D eigenvalue weighted by atomic mass is 10.0. The highest BCUT2D eigenvalue weighted by Crippen LogP contribution is 2.39. The fourth-order valence-electron chi connectivity index (χ4n) is 2.33. The lowest BCUT2D eigenvalue weighted by Crippen LogP contribution is -1.88. The van der Waals surface area contributed by atoms with Crippen LogP contribution in [0.15, 0.2) is 21.0 Å². The van der Waals surface area contributed by atoms with E-state index in [1.807, 2.05) is 26.0 Å². The Balaban J connectivity index is 2.55. The predicted molar refractivity (Wildman–Crippen MR) is 70.2 cm³/mol. The van der Waals surface area contributed by atoms with Gasteiger partial charge in [0, 0.05) is 22.8 Å². The summed E-state index contributed by atoms with van der Waals surface area (Å²) < 4.78 is 11.3. The highest BCUT2D eigenvalue weighted by molar-refractivity contribution is 6.40. The molecule has 4 heteroatoms. The van der Waals surface area contributed by atoms with Gasteiger partial charge in [0.25, 0.3) is 0 Å². The molecule has 0 aliphatic heterocycles. The third-order valence-electron chi connectivity index (χ3n) is 3.03. The molecule has 3 nitrogen and oxygen atoms in total. The third-order valence-corrected chi connectivity index (χ3v) is 3.41. The first-order valence-electron chi connectivity index (χ1n) is 5.66. The van der Waals surface area contributed by atoms with E-state index in [0.29, 0.717) is 16.2 Å². The molecule has 0 amide bonds. The van der Waals surface area contributed by atoms with Crippen molar-refractivity contribution in [3.63, 3.8) is 0 Å². The summed E-state index contributed by atoms with van der Waals surface area (Å²) in [5, 5.41) is 2.19. The second-order valence-corrected chi connectivity index (χ2v) is 4.74. The largest absolute Gasteiger partial charge is 0.461 e. The van der Waals surface area contributed by atoms with Gasteiger partial charge in [-0.1, -0.05) is 11.6 Å². The lowest BCUT2D eigenvalue weighted by molar-refractivity contribution is -0.107. The van der Waals surface area contributed by atoms with E-state index in [-0.39, 0.29) is 6.42 Å². The molecule has 3 aromatic rings. The van der Waals surface area contributed by atoms with Gasteiger partial charge in [-0.15, -0.1) is 0 Å². The second kappa shape index (κ2) is 3.89. The van der Waals surface area contributed by atoms with E-state index >= 15 is 0 Å². The number of hydrogen-bond donors (Lipinski definition) is 0. The van der Waals surface area contributed by atoms with Gasteiger partial charge in [0.1, 0.15) is 23.4 Å². The van der Waals surface area contributed by atoms with Crippen molar-refractivity contribution in [2.75, 3.05) is 0 Å². The maximum atomic E-state index is 10.9. The van der Waals surface area contributed by atoms with Crippen molar-refractivity contribution in [3.8, 4) is 0 Å². The van der Waals surface area contributed by atoms with Crippen molar-refractivity contribution in [2.24, 2.45) is 0 Å². The summed E-state index contributed by atoms with van der Waals surface area (Å²) >= 11 is 6.33. The summed E-state index contributed by atoms with van der Waals surface area (Å²) in [6.45, 7) is 3.71. The first-order valence-corrected chi connectivity index (χ1v) is 6.04. The zero-order valence-electron chi connectivity index (χ0n) is 10.0. The molecule has 0 bridgehead atoms. The minimum Gasteiger partial charge on any atom is -0.461 e. The van der Waals surface area contributed by atoms with Crippen molar-refractivity contribution in [1.29, 1.82) is 0 Å². The Morgan fingerprint density at radius 2 is 1.72 bits per heavy atom. The molecule has 2 aromatic heterocycles. The molecule has 0 unspecified atom stereocenters. The van der Waals surface area contributed by atoms with Crippen LogP contribution in [0.2, 0.25) is 5.02 Å². The Bertz CT molecular complexity index is 707. The topological polar surface area (TPSA) is 43.4 Å². The van der Waals surface area contributed by atoms with Crippen LogP contribution in [0.1, 0.15) is 17.1 Å². The van der Waals surface area contributed by atoms with Crippen LogP contribution < -0.4 is 0 Å². The van der Waals surface area contributed by atoms with E-state index in [0.717, 1.165) is 34.1 Å². The maximum Gasteiger partial charge on any atom is 0.154 e. The predicted octanol–water partition coefficient (Wildman–Crippen LogP) is 4.19. The quantitative estimate of drug-likeness (QED) is 0.651. The number of benzene rings is 1. The molecular weight excluding hydrogens is 252 g/mol. The number of carbonyl (C=O) groups excluding carboxylic acids is 1. The average Bonchev–Trinajstić information content (AvgIpc) is 2.88. The van der Waals surface area contributed by atoms with E-state index in [4.69, 9.17) is 20.4 Å². The fraction of sp³-hybridized carbons (Fsp3) is 0.214. The summed E-state index contributed by atoms with van der Waals surface area (Å²) in [6.07, 6.45) is 1.15. The minimum atomic E-state index is 0.288. The molecule has 0 fully saturated rings. The van der Waals surface area contributed by atoms with Gasteiger partial charge in [-0.2, -0.15) is 0 Å². The smallest absolute Gasteiger partial charge is 0.154 e. The van der Waals surface area contributed by atoms with Crippen molar-refractivity contribution >= 4 is 39.8 Å². The van der Waals surface area contributed by atoms with E-state index in [1.54, 1.807) is 0 Å². The SMILES string of the molecule is Cc1cc2c(CC=O)c3oc(C)cc3c(Cl)c2o1. The van der Waals surface area contributed by atoms with Gasteiger partial charge < -0.3 is 13.6 Å². The number of aryl methyl sites for hydroxylation is 2. The summed E-state index contributed by atoms with van der Waals surface area (Å²) in [5.41, 5.74) is 2.14. The Kier molecular flexibility index (Phi) is 2.45.